The molecule has 0 radical (unpaired) electrons. The van der Waals surface area contributed by atoms with Crippen LogP contribution in [0.1, 0.15) is 48.4 Å². The van der Waals surface area contributed by atoms with Crippen molar-refractivity contribution < 1.29 is 54.3 Å². The van der Waals surface area contributed by atoms with Crippen molar-refractivity contribution in [3.8, 4) is 45.6 Å². The fourth-order valence-corrected chi connectivity index (χ4v) is 11.1. The number of aromatic nitrogens is 8. The van der Waals surface area contributed by atoms with Crippen LogP contribution >= 0.6 is 35.7 Å². The Morgan fingerprint density at radius 2 is 0.987 bits per heavy atom. The van der Waals surface area contributed by atoms with Gasteiger partial charge >= 0.3 is 29.8 Å². The quantitative estimate of drug-likeness (QED) is 0.0551. The van der Waals surface area contributed by atoms with Crippen molar-refractivity contribution in [3.05, 3.63) is 141 Å². The predicted molar refractivity (Wildman–Crippen MR) is 285 cm³/mol. The molecule has 0 aliphatic carbocycles. The van der Waals surface area contributed by atoms with Gasteiger partial charge in [-0.1, -0.05) is 47.9 Å². The topological polar surface area (TPSA) is 319 Å². The Bertz CT molecular complexity index is 4030. The molecule has 0 unspecified atom stereocenters. The molecular weight excluding hydrogens is 1040 g/mol. The highest BCUT2D eigenvalue weighted by molar-refractivity contribution is 8.26. The number of para-hydroxylation sites is 1. The lowest BCUT2D eigenvalue weighted by Gasteiger charge is -2.17. The van der Waals surface area contributed by atoms with E-state index in [4.69, 9.17) is 37.3 Å². The lowest BCUT2D eigenvalue weighted by atomic mass is 10.0. The summed E-state index contributed by atoms with van der Waals surface area (Å²) in [7, 11) is 0. The lowest BCUT2D eigenvalue weighted by Crippen LogP contribution is -2.33. The minimum absolute atomic E-state index is 0.0215. The number of benzene rings is 5. The summed E-state index contributed by atoms with van der Waals surface area (Å²) in [5.41, 5.74) is 3.42. The molecule has 7 N–H and O–H groups in total. The van der Waals surface area contributed by atoms with Gasteiger partial charge in [0.25, 0.3) is 5.91 Å². The number of fused-ring (bicyclic) bond motifs is 21. The first-order chi connectivity index (χ1) is 36.5. The number of hydrogen-bond donors (Lipinski definition) is 7. The first kappa shape index (κ1) is 48.6. The molecule has 0 saturated carbocycles. The van der Waals surface area contributed by atoms with Crippen molar-refractivity contribution in [2.75, 3.05) is 18.0 Å². The van der Waals surface area contributed by atoms with E-state index in [0.29, 0.717) is 48.7 Å². The van der Waals surface area contributed by atoms with Crippen LogP contribution in [0.3, 0.4) is 0 Å². The standard InChI is InChI=1S/C36H18N8O8.C16H14N2O3S3/c45-33(46)13-1-5-17-21(9-13)29-37-25(17)41-30-22-10-14(34(47)48)2-6-18(22)27(38-30)43-32-24-12-16(36(51)52)4-8-20(24)28(40-32)44-31-23-11-15(35(49)50)3-7-19(23)26(39-31)42-29;1-2-17-10-5-3-4-6-11(10)23-13(17)8-7-12-15(21)18(9-14(19)20)16(22)24-12/h1-12H,(H,45,46)(H,47,48)(H,49,50)(H,51,52)(H2,37,38,39,40,41,42,43,44);3-8H,2,9H2,1H3,(H,19,20)/b;12-7+,13-8?. The average molecular weight is 1070 g/mol. The van der Waals surface area contributed by atoms with Crippen LogP contribution in [-0.2, 0) is 9.59 Å². The van der Waals surface area contributed by atoms with Crippen LogP contribution in [0.4, 0.5) is 5.69 Å². The van der Waals surface area contributed by atoms with Crippen molar-refractivity contribution in [1.29, 1.82) is 0 Å². The van der Waals surface area contributed by atoms with Crippen LogP contribution in [0.15, 0.2) is 124 Å². The number of carboxylic acids is 5. The van der Waals surface area contributed by atoms with E-state index in [-0.39, 0.29) is 78.4 Å². The number of rotatable bonds is 8. The SMILES string of the molecule is CCN1C(=C/C=C2/SC(=S)N(CC(=O)O)C2=O)Sc2ccccc21.O=C(O)c1ccc2c(c1)-c1nc-2nc2[nH]c(nc3nc(nc4[nH]c(n1)c1ccc(C(=O)O)cc41)-c1ccc(C(=O)O)cc1-3)c1ccc(C(=O)O)cc21. The molecule has 5 aromatic carbocycles. The second kappa shape index (κ2) is 19.0. The van der Waals surface area contributed by atoms with E-state index in [2.05, 4.69) is 43.9 Å². The third-order valence-corrected chi connectivity index (χ3v) is 14.8. The molecule has 1 fully saturated rings. The van der Waals surface area contributed by atoms with Crippen LogP contribution in [0.5, 0.6) is 0 Å². The number of anilines is 1. The summed E-state index contributed by atoms with van der Waals surface area (Å²) < 4.78 is 0.279. The van der Waals surface area contributed by atoms with Crippen LogP contribution in [0.25, 0.3) is 89.7 Å². The second-order valence-electron chi connectivity index (χ2n) is 16.9. The Hall–Kier alpha value is -9.65. The molecular formula is C52H32N10O11S3. The normalized spacial score (nSPS) is 14.4. The number of carbonyl (C=O) groups excluding carboxylic acids is 1. The Morgan fingerprint density at radius 1 is 0.539 bits per heavy atom. The van der Waals surface area contributed by atoms with Gasteiger partial charge in [-0.25, -0.2) is 49.1 Å². The molecule has 4 aliphatic rings. The van der Waals surface area contributed by atoms with Gasteiger partial charge in [0.1, 0.15) is 33.5 Å². The van der Waals surface area contributed by atoms with Crippen molar-refractivity contribution in [3.63, 3.8) is 0 Å². The average Bonchev–Trinajstić information content (AvgIpc) is 4.26. The number of amides is 1. The molecule has 12 rings (SSSR count). The zero-order chi connectivity index (χ0) is 53.3. The fraction of sp³-hybridized carbons (Fsp3) is 0.0577. The highest BCUT2D eigenvalue weighted by Crippen LogP contribution is 2.46. The van der Waals surface area contributed by atoms with Gasteiger partial charge in [0.2, 0.25) is 0 Å². The smallest absolute Gasteiger partial charge is 0.335 e. The zero-order valence-electron chi connectivity index (χ0n) is 38.8. The third-order valence-electron chi connectivity index (χ3n) is 12.3. The minimum atomic E-state index is -1.18. The number of allylic oxidation sites excluding steroid dienone is 2. The van der Waals surface area contributed by atoms with E-state index in [0.717, 1.165) is 33.9 Å². The fourth-order valence-electron chi connectivity index (χ4n) is 8.76. The molecule has 21 nitrogen and oxygen atoms in total. The second-order valence-corrected chi connectivity index (χ2v) is 19.6. The first-order valence-electron chi connectivity index (χ1n) is 22.6. The van der Waals surface area contributed by atoms with Crippen LogP contribution in [0.2, 0.25) is 0 Å². The lowest BCUT2D eigenvalue weighted by molar-refractivity contribution is -0.140. The number of aromatic carboxylic acids is 4. The third kappa shape index (κ3) is 8.69. The molecule has 8 bridgehead atoms. The number of carbonyl (C=O) groups is 6. The van der Waals surface area contributed by atoms with Gasteiger partial charge < -0.3 is 40.4 Å². The summed E-state index contributed by atoms with van der Waals surface area (Å²) in [5.74, 6) is -5.68. The molecule has 1 saturated heterocycles. The Balaban J connectivity index is 0.000000215. The van der Waals surface area contributed by atoms with E-state index >= 15 is 0 Å². The summed E-state index contributed by atoms with van der Waals surface area (Å²) in [6.45, 7) is 2.49. The maximum Gasteiger partial charge on any atom is 0.335 e. The van der Waals surface area contributed by atoms with Gasteiger partial charge in [0.15, 0.2) is 23.3 Å². The number of hydrogen-bond acceptors (Lipinski definition) is 16. The molecule has 24 heteroatoms. The Morgan fingerprint density at radius 3 is 1.46 bits per heavy atom. The highest BCUT2D eigenvalue weighted by atomic mass is 32.2. The highest BCUT2D eigenvalue weighted by Gasteiger charge is 2.34. The van der Waals surface area contributed by atoms with Crippen LogP contribution < -0.4 is 4.90 Å². The zero-order valence-corrected chi connectivity index (χ0v) is 41.2. The number of aliphatic carboxylic acids is 1. The van der Waals surface area contributed by atoms with Gasteiger partial charge in [-0.2, -0.15) is 0 Å². The number of aromatic amines is 2. The minimum Gasteiger partial charge on any atom is -0.480 e. The van der Waals surface area contributed by atoms with Gasteiger partial charge in [-0.05, 0) is 104 Å². The number of thioether (sulfide) groups is 2. The van der Waals surface area contributed by atoms with Gasteiger partial charge in [-0.15, -0.1) is 0 Å². The summed E-state index contributed by atoms with van der Waals surface area (Å²) >= 11 is 7.87. The largest absolute Gasteiger partial charge is 0.480 e. The van der Waals surface area contributed by atoms with Crippen LogP contribution in [0, 0.1) is 0 Å². The number of carboxylic acid groups (broad SMARTS) is 5. The monoisotopic (exact) mass is 1070 g/mol. The molecule has 7 heterocycles. The van der Waals surface area contributed by atoms with Gasteiger partial charge in [0, 0.05) is 55.2 Å². The van der Waals surface area contributed by atoms with Crippen molar-refractivity contribution >= 4 is 126 Å². The van der Waals surface area contributed by atoms with E-state index in [1.54, 1.807) is 42.1 Å². The molecule has 0 spiro atoms. The molecule has 4 aliphatic heterocycles. The number of nitrogens with zero attached hydrogens (tertiary/aromatic N) is 8. The summed E-state index contributed by atoms with van der Waals surface area (Å²) in [6.07, 6.45) is 3.61. The summed E-state index contributed by atoms with van der Waals surface area (Å²) in [6, 6.07) is 25.6. The molecule has 0 atom stereocenters. The van der Waals surface area contributed by atoms with Crippen LogP contribution in [-0.4, -0.2) is 123 Å². The molecule has 1 amide bonds. The number of thiocarbonyl (C=S) groups is 1. The predicted octanol–water partition coefficient (Wildman–Crippen LogP) is 8.95. The van der Waals surface area contributed by atoms with Crippen molar-refractivity contribution in [1.82, 2.24) is 44.8 Å². The maximum absolute atomic E-state index is 12.3. The number of nitrogens with one attached hydrogen (secondary N) is 2. The van der Waals surface area contributed by atoms with Crippen molar-refractivity contribution in [2.24, 2.45) is 0 Å². The number of H-pyrrole nitrogens is 2. The summed E-state index contributed by atoms with van der Waals surface area (Å²) in [5, 5.41) is 50.7. The van der Waals surface area contributed by atoms with E-state index < -0.39 is 36.4 Å². The van der Waals surface area contributed by atoms with E-state index in [1.165, 1.54) is 53.4 Å². The first-order valence-corrected chi connectivity index (χ1v) is 24.6. The van der Waals surface area contributed by atoms with E-state index in [9.17, 15) is 49.2 Å². The van der Waals surface area contributed by atoms with E-state index in [1.807, 2.05) is 18.2 Å². The van der Waals surface area contributed by atoms with Gasteiger partial charge in [-0.3, -0.25) is 14.5 Å². The molecule has 3 aromatic heterocycles. The maximum atomic E-state index is 12.3. The summed E-state index contributed by atoms with van der Waals surface area (Å²) in [4.78, 5) is 111. The van der Waals surface area contributed by atoms with Crippen molar-refractivity contribution in [2.45, 2.75) is 11.8 Å². The molecule has 374 valence electrons. The molecule has 8 aromatic rings. The molecule has 76 heavy (non-hydrogen) atoms. The Kier molecular flexibility index (Phi) is 12.2. The van der Waals surface area contributed by atoms with Gasteiger partial charge in [0.05, 0.1) is 37.9 Å². The Labute approximate surface area is 439 Å².